The highest BCUT2D eigenvalue weighted by molar-refractivity contribution is 6.43. The van der Waals surface area contributed by atoms with Crippen molar-refractivity contribution in [3.8, 4) is 11.3 Å². The number of carbonyl (C=O) groups excluding carboxylic acids is 1. The largest absolute Gasteiger partial charge is 0.378 e. The molecule has 0 atom stereocenters. The summed E-state index contributed by atoms with van der Waals surface area (Å²) in [7, 11) is 0. The van der Waals surface area contributed by atoms with Gasteiger partial charge in [0.25, 0.3) is 5.91 Å². The molecule has 1 amide bonds. The second-order valence-electron chi connectivity index (χ2n) is 11.3. The standard InChI is InChI=1S/C26H34N6O2.C2H4Cl2/c1-25(2)14-18(15-26(3,4)31-25)29-24-27-8-7-21(30-24)20-16-28-22-13-17(5-6-19(20)22)23(33)32-9-11-34-12-10-32;1-2(3)4/h5-8,13,16,18,28,31H,9-12,14-15H2,1-4H3,(H,27,29,30);2H,1H3. The number of alkyl halides is 2. The molecule has 0 saturated carbocycles. The lowest BCUT2D eigenvalue weighted by atomic mass is 9.80. The van der Waals surface area contributed by atoms with E-state index in [0.717, 1.165) is 35.0 Å². The molecule has 38 heavy (non-hydrogen) atoms. The number of benzene rings is 1. The van der Waals surface area contributed by atoms with Crippen LogP contribution < -0.4 is 10.6 Å². The minimum absolute atomic E-state index is 0.0442. The maximum absolute atomic E-state index is 12.9. The number of ether oxygens (including phenoxy) is 1. The van der Waals surface area contributed by atoms with Gasteiger partial charge in [-0.2, -0.15) is 0 Å². The summed E-state index contributed by atoms with van der Waals surface area (Å²) in [5.74, 6) is 0.687. The van der Waals surface area contributed by atoms with Gasteiger partial charge < -0.3 is 25.3 Å². The Kier molecular flexibility index (Phi) is 8.87. The number of piperidine rings is 1. The van der Waals surface area contributed by atoms with Gasteiger partial charge in [-0.1, -0.05) is 6.07 Å². The number of amides is 1. The summed E-state index contributed by atoms with van der Waals surface area (Å²) < 4.78 is 5.37. The monoisotopic (exact) mass is 560 g/mol. The Morgan fingerprint density at radius 1 is 1.13 bits per heavy atom. The molecular formula is C28H38Cl2N6O2. The van der Waals surface area contributed by atoms with Gasteiger partial charge in [0.2, 0.25) is 5.95 Å². The Balaban J connectivity index is 0.000000786. The number of H-pyrrole nitrogens is 1. The van der Waals surface area contributed by atoms with Crippen LogP contribution >= 0.6 is 23.2 Å². The lowest BCUT2D eigenvalue weighted by Crippen LogP contribution is -2.60. The Morgan fingerprint density at radius 2 is 1.79 bits per heavy atom. The lowest BCUT2D eigenvalue weighted by Gasteiger charge is -2.46. The van der Waals surface area contributed by atoms with Gasteiger partial charge in [0, 0.05) is 64.6 Å². The van der Waals surface area contributed by atoms with E-state index in [1.165, 1.54) is 0 Å². The van der Waals surface area contributed by atoms with Crippen LogP contribution in [0.25, 0.3) is 22.2 Å². The molecule has 2 fully saturated rings. The Bertz CT molecular complexity index is 1230. The average Bonchev–Trinajstić information content (AvgIpc) is 3.25. The number of anilines is 1. The minimum Gasteiger partial charge on any atom is -0.378 e. The molecule has 2 aromatic heterocycles. The number of nitrogens with zero attached hydrogens (tertiary/aromatic N) is 3. The van der Waals surface area contributed by atoms with E-state index in [-0.39, 0.29) is 21.8 Å². The zero-order chi connectivity index (χ0) is 27.5. The van der Waals surface area contributed by atoms with Gasteiger partial charge in [-0.25, -0.2) is 9.97 Å². The van der Waals surface area contributed by atoms with Gasteiger partial charge in [-0.05, 0) is 65.7 Å². The molecule has 2 aliphatic heterocycles. The van der Waals surface area contributed by atoms with Crippen LogP contribution in [0.5, 0.6) is 0 Å². The number of aromatic nitrogens is 3. The van der Waals surface area contributed by atoms with Crippen molar-refractivity contribution in [2.45, 2.75) is 69.4 Å². The van der Waals surface area contributed by atoms with E-state index in [1.54, 1.807) is 13.1 Å². The van der Waals surface area contributed by atoms with Crippen molar-refractivity contribution in [3.05, 3.63) is 42.2 Å². The van der Waals surface area contributed by atoms with Gasteiger partial charge in [-0.3, -0.25) is 4.79 Å². The van der Waals surface area contributed by atoms with Crippen LogP contribution in [0.1, 0.15) is 57.8 Å². The first kappa shape index (κ1) is 28.6. The first-order valence-electron chi connectivity index (χ1n) is 13.1. The first-order chi connectivity index (χ1) is 17.9. The van der Waals surface area contributed by atoms with Crippen molar-refractivity contribution in [2.75, 3.05) is 31.6 Å². The molecule has 8 nitrogen and oxygen atoms in total. The maximum atomic E-state index is 12.9. The molecule has 0 aliphatic carbocycles. The number of morpholine rings is 1. The second-order valence-corrected chi connectivity index (χ2v) is 12.8. The molecule has 1 aromatic carbocycles. The van der Waals surface area contributed by atoms with Crippen LogP contribution in [0.15, 0.2) is 36.7 Å². The van der Waals surface area contributed by atoms with Crippen LogP contribution in [-0.2, 0) is 4.74 Å². The summed E-state index contributed by atoms with van der Waals surface area (Å²) in [5, 5.41) is 8.32. The van der Waals surface area contributed by atoms with Gasteiger partial charge in [0.1, 0.15) is 4.84 Å². The van der Waals surface area contributed by atoms with E-state index < -0.39 is 0 Å². The van der Waals surface area contributed by atoms with Crippen molar-refractivity contribution in [1.82, 2.24) is 25.2 Å². The zero-order valence-electron chi connectivity index (χ0n) is 22.8. The third-order valence-corrected chi connectivity index (χ3v) is 6.68. The third kappa shape index (κ3) is 7.38. The molecule has 10 heteroatoms. The topological polar surface area (TPSA) is 95.2 Å². The lowest BCUT2D eigenvalue weighted by molar-refractivity contribution is 0.0303. The summed E-state index contributed by atoms with van der Waals surface area (Å²) in [6, 6.07) is 8.05. The summed E-state index contributed by atoms with van der Waals surface area (Å²) in [6.45, 7) is 13.1. The van der Waals surface area contributed by atoms with Crippen LogP contribution in [0.3, 0.4) is 0 Å². The Hall–Kier alpha value is -2.39. The highest BCUT2D eigenvalue weighted by Crippen LogP contribution is 2.31. The second kappa shape index (κ2) is 11.8. The van der Waals surface area contributed by atoms with Crippen LogP contribution in [0.2, 0.25) is 0 Å². The predicted octanol–water partition coefficient (Wildman–Crippen LogP) is 5.63. The molecule has 3 aromatic rings. The molecule has 5 rings (SSSR count). The molecule has 0 bridgehead atoms. The van der Waals surface area contributed by atoms with E-state index >= 15 is 0 Å². The van der Waals surface area contributed by atoms with Crippen molar-refractivity contribution in [2.24, 2.45) is 0 Å². The molecular weight excluding hydrogens is 523 g/mol. The highest BCUT2D eigenvalue weighted by atomic mass is 35.5. The van der Waals surface area contributed by atoms with E-state index in [4.69, 9.17) is 32.9 Å². The van der Waals surface area contributed by atoms with E-state index in [1.807, 2.05) is 35.4 Å². The highest BCUT2D eigenvalue weighted by Gasteiger charge is 2.37. The summed E-state index contributed by atoms with van der Waals surface area (Å²) in [5.41, 5.74) is 3.54. The van der Waals surface area contributed by atoms with Gasteiger partial charge in [-0.15, -0.1) is 23.2 Å². The predicted molar refractivity (Wildman–Crippen MR) is 155 cm³/mol. The number of carbonyl (C=O) groups is 1. The summed E-state index contributed by atoms with van der Waals surface area (Å²) in [6.07, 6.45) is 5.75. The van der Waals surface area contributed by atoms with Crippen LogP contribution in [-0.4, -0.2) is 74.0 Å². The molecule has 3 N–H and O–H groups in total. The molecule has 0 unspecified atom stereocenters. The fourth-order valence-electron chi connectivity index (χ4n) is 5.61. The minimum atomic E-state index is -0.222. The smallest absolute Gasteiger partial charge is 0.254 e. The van der Waals surface area contributed by atoms with Crippen LogP contribution in [0.4, 0.5) is 5.95 Å². The molecule has 206 valence electrons. The number of hydrogen-bond donors (Lipinski definition) is 3. The molecule has 2 aliphatic rings. The number of rotatable bonds is 4. The SMILES string of the molecule is CC(Cl)Cl.CC1(C)CC(Nc2nccc(-c3c[nH]c4cc(C(=O)N5CCOCC5)ccc34)n2)CC(C)(C)N1. The third-order valence-electron chi connectivity index (χ3n) is 6.68. The normalized spacial score (nSPS) is 19.2. The number of nitrogens with one attached hydrogen (secondary N) is 3. The quantitative estimate of drug-likeness (QED) is 0.358. The zero-order valence-corrected chi connectivity index (χ0v) is 24.3. The fraction of sp³-hybridized carbons (Fsp3) is 0.536. The van der Waals surface area contributed by atoms with Crippen LogP contribution in [0, 0.1) is 0 Å². The number of halogens is 2. The molecule has 4 heterocycles. The molecule has 0 spiro atoms. The fourth-order valence-corrected chi connectivity index (χ4v) is 5.61. The van der Waals surface area contributed by atoms with Crippen molar-refractivity contribution >= 4 is 46.0 Å². The maximum Gasteiger partial charge on any atom is 0.254 e. The number of fused-ring (bicyclic) bond motifs is 1. The van der Waals surface area contributed by atoms with E-state index in [0.29, 0.717) is 43.9 Å². The van der Waals surface area contributed by atoms with Crippen molar-refractivity contribution in [3.63, 3.8) is 0 Å². The average molecular weight is 562 g/mol. The summed E-state index contributed by atoms with van der Waals surface area (Å²) >= 11 is 10.1. The van der Waals surface area contributed by atoms with Crippen molar-refractivity contribution < 1.29 is 9.53 Å². The van der Waals surface area contributed by atoms with E-state index in [9.17, 15) is 4.79 Å². The Labute approximate surface area is 234 Å². The number of hydrogen-bond acceptors (Lipinski definition) is 6. The van der Waals surface area contributed by atoms with Gasteiger partial charge >= 0.3 is 0 Å². The number of aromatic amines is 1. The first-order valence-corrected chi connectivity index (χ1v) is 14.0. The molecule has 2 saturated heterocycles. The molecule has 0 radical (unpaired) electrons. The van der Waals surface area contributed by atoms with Gasteiger partial charge in [0.05, 0.1) is 18.9 Å². The summed E-state index contributed by atoms with van der Waals surface area (Å²) in [4.78, 5) is 27.1. The Morgan fingerprint density at radius 3 is 2.45 bits per heavy atom. The van der Waals surface area contributed by atoms with Gasteiger partial charge in [0.15, 0.2) is 0 Å². The van der Waals surface area contributed by atoms with E-state index in [2.05, 4.69) is 48.3 Å². The van der Waals surface area contributed by atoms with Crippen molar-refractivity contribution in [1.29, 1.82) is 0 Å².